The first-order valence-corrected chi connectivity index (χ1v) is 6.90. The van der Waals surface area contributed by atoms with Gasteiger partial charge in [-0.15, -0.1) is 0 Å². The third-order valence-corrected chi connectivity index (χ3v) is 4.07. The van der Waals surface area contributed by atoms with E-state index >= 15 is 0 Å². The molecule has 3 heteroatoms. The van der Waals surface area contributed by atoms with E-state index in [1.54, 1.807) is 6.20 Å². The van der Waals surface area contributed by atoms with Gasteiger partial charge in [-0.2, -0.15) is 0 Å². The molecule has 1 N–H and O–H groups in total. The van der Waals surface area contributed by atoms with Crippen molar-refractivity contribution in [1.29, 1.82) is 0 Å². The molecule has 1 aromatic rings. The Labute approximate surface area is 111 Å². The molecule has 0 amide bonds. The fourth-order valence-corrected chi connectivity index (χ4v) is 2.58. The Balaban J connectivity index is 2.81. The van der Waals surface area contributed by atoms with Crippen LogP contribution in [0.1, 0.15) is 39.7 Å². The van der Waals surface area contributed by atoms with E-state index in [0.717, 1.165) is 25.1 Å². The van der Waals surface area contributed by atoms with E-state index in [4.69, 9.17) is 0 Å². The summed E-state index contributed by atoms with van der Waals surface area (Å²) >= 11 is 0. The molecule has 2 atom stereocenters. The molecular weight excluding hydrogens is 224 g/mol. The summed E-state index contributed by atoms with van der Waals surface area (Å²) < 4.78 is 0. The fraction of sp³-hybridized carbons (Fsp3) is 0.667. The number of aliphatic hydroxyl groups is 1. The van der Waals surface area contributed by atoms with E-state index in [-0.39, 0.29) is 11.6 Å². The quantitative estimate of drug-likeness (QED) is 0.807. The Kier molecular flexibility index (Phi) is 5.76. The summed E-state index contributed by atoms with van der Waals surface area (Å²) in [6.45, 7) is 10.5. The minimum Gasteiger partial charge on any atom is -0.391 e. The standard InChI is InChI=1S/C15H26N2O/c1-5-15(4,17(6-2)7-3)14(18)11-13-9-8-10-16-12-13/h8-10,12,14,18H,5-7,11H2,1-4H3. The van der Waals surface area contributed by atoms with Crippen molar-refractivity contribution < 1.29 is 5.11 Å². The number of hydrogen-bond acceptors (Lipinski definition) is 3. The molecule has 1 rings (SSSR count). The van der Waals surface area contributed by atoms with Gasteiger partial charge < -0.3 is 5.11 Å². The Morgan fingerprint density at radius 3 is 2.44 bits per heavy atom. The third kappa shape index (κ3) is 3.30. The number of likely N-dealkylation sites (N-methyl/N-ethyl adjacent to an activating group) is 1. The molecule has 18 heavy (non-hydrogen) atoms. The van der Waals surface area contributed by atoms with Crippen molar-refractivity contribution in [3.8, 4) is 0 Å². The van der Waals surface area contributed by atoms with Crippen LogP contribution >= 0.6 is 0 Å². The normalized spacial score (nSPS) is 16.6. The molecule has 0 saturated carbocycles. The summed E-state index contributed by atoms with van der Waals surface area (Å²) in [6.07, 6.45) is 4.83. The average molecular weight is 250 g/mol. The van der Waals surface area contributed by atoms with Gasteiger partial charge in [-0.1, -0.05) is 26.8 Å². The van der Waals surface area contributed by atoms with Crippen LogP contribution in [-0.4, -0.2) is 39.7 Å². The Morgan fingerprint density at radius 1 is 1.33 bits per heavy atom. The van der Waals surface area contributed by atoms with Crippen LogP contribution in [0.25, 0.3) is 0 Å². The highest BCUT2D eigenvalue weighted by Gasteiger charge is 2.35. The van der Waals surface area contributed by atoms with Crippen molar-refractivity contribution in [2.45, 2.75) is 52.2 Å². The first-order valence-electron chi connectivity index (χ1n) is 6.90. The minimum atomic E-state index is -0.369. The number of aliphatic hydroxyl groups excluding tert-OH is 1. The second kappa shape index (κ2) is 6.86. The summed E-state index contributed by atoms with van der Waals surface area (Å²) in [5, 5.41) is 10.6. The molecule has 0 fully saturated rings. The molecule has 0 bridgehead atoms. The molecule has 0 aliphatic carbocycles. The molecule has 1 aromatic heterocycles. The number of aromatic nitrogens is 1. The lowest BCUT2D eigenvalue weighted by Gasteiger charge is -2.43. The van der Waals surface area contributed by atoms with E-state index in [1.165, 1.54) is 0 Å². The molecule has 0 aliphatic heterocycles. The molecule has 2 unspecified atom stereocenters. The van der Waals surface area contributed by atoms with Gasteiger partial charge in [-0.05, 0) is 38.1 Å². The zero-order chi connectivity index (χ0) is 13.6. The van der Waals surface area contributed by atoms with E-state index in [1.807, 2.05) is 18.3 Å². The van der Waals surface area contributed by atoms with Crippen LogP contribution in [0.3, 0.4) is 0 Å². The topological polar surface area (TPSA) is 36.4 Å². The van der Waals surface area contributed by atoms with E-state index in [9.17, 15) is 5.11 Å². The molecule has 3 nitrogen and oxygen atoms in total. The van der Waals surface area contributed by atoms with Gasteiger partial charge in [0.15, 0.2) is 0 Å². The van der Waals surface area contributed by atoms with Crippen molar-refractivity contribution >= 4 is 0 Å². The summed E-state index contributed by atoms with van der Waals surface area (Å²) in [6, 6.07) is 3.94. The minimum absolute atomic E-state index is 0.167. The highest BCUT2D eigenvalue weighted by molar-refractivity contribution is 5.11. The second-order valence-electron chi connectivity index (χ2n) is 4.96. The van der Waals surface area contributed by atoms with E-state index < -0.39 is 0 Å². The smallest absolute Gasteiger partial charge is 0.0761 e. The van der Waals surface area contributed by atoms with Crippen LogP contribution in [0.5, 0.6) is 0 Å². The number of hydrogen-bond donors (Lipinski definition) is 1. The van der Waals surface area contributed by atoms with Gasteiger partial charge in [0.2, 0.25) is 0 Å². The lowest BCUT2D eigenvalue weighted by atomic mass is 9.86. The highest BCUT2D eigenvalue weighted by atomic mass is 16.3. The van der Waals surface area contributed by atoms with Gasteiger partial charge in [-0.25, -0.2) is 0 Å². The van der Waals surface area contributed by atoms with Crippen LogP contribution in [-0.2, 0) is 6.42 Å². The Bertz CT molecular complexity index is 338. The van der Waals surface area contributed by atoms with Gasteiger partial charge in [0.05, 0.1) is 6.10 Å². The zero-order valence-corrected chi connectivity index (χ0v) is 12.1. The largest absolute Gasteiger partial charge is 0.391 e. The molecule has 0 saturated heterocycles. The molecule has 1 heterocycles. The predicted octanol–water partition coefficient (Wildman–Crippen LogP) is 2.50. The lowest BCUT2D eigenvalue weighted by Crippen LogP contribution is -2.54. The van der Waals surface area contributed by atoms with Crippen LogP contribution < -0.4 is 0 Å². The first-order chi connectivity index (χ1) is 8.58. The maximum absolute atomic E-state index is 10.6. The zero-order valence-electron chi connectivity index (χ0n) is 12.1. The highest BCUT2D eigenvalue weighted by Crippen LogP contribution is 2.25. The van der Waals surface area contributed by atoms with Gasteiger partial charge in [0.1, 0.15) is 0 Å². The number of nitrogens with zero attached hydrogens (tertiary/aromatic N) is 2. The van der Waals surface area contributed by atoms with Crippen molar-refractivity contribution in [2.24, 2.45) is 0 Å². The number of rotatable bonds is 7. The van der Waals surface area contributed by atoms with Gasteiger partial charge in [0, 0.05) is 24.4 Å². The molecule has 102 valence electrons. The van der Waals surface area contributed by atoms with Gasteiger partial charge >= 0.3 is 0 Å². The summed E-state index contributed by atoms with van der Waals surface area (Å²) in [5.41, 5.74) is 0.927. The van der Waals surface area contributed by atoms with Crippen LogP contribution in [0, 0.1) is 0 Å². The second-order valence-corrected chi connectivity index (χ2v) is 4.96. The van der Waals surface area contributed by atoms with Crippen molar-refractivity contribution in [1.82, 2.24) is 9.88 Å². The van der Waals surface area contributed by atoms with E-state index in [2.05, 4.69) is 37.6 Å². The third-order valence-electron chi connectivity index (χ3n) is 4.07. The summed E-state index contributed by atoms with van der Waals surface area (Å²) in [4.78, 5) is 6.45. The summed E-state index contributed by atoms with van der Waals surface area (Å²) in [7, 11) is 0. The monoisotopic (exact) mass is 250 g/mol. The molecule has 0 aliphatic rings. The van der Waals surface area contributed by atoms with Gasteiger partial charge in [0.25, 0.3) is 0 Å². The summed E-state index contributed by atoms with van der Waals surface area (Å²) in [5.74, 6) is 0. The maximum Gasteiger partial charge on any atom is 0.0761 e. The molecular formula is C15H26N2O. The molecule has 0 radical (unpaired) electrons. The molecule has 0 spiro atoms. The number of pyridine rings is 1. The van der Waals surface area contributed by atoms with Crippen LogP contribution in [0.15, 0.2) is 24.5 Å². The first kappa shape index (κ1) is 15.1. The van der Waals surface area contributed by atoms with Crippen molar-refractivity contribution in [2.75, 3.05) is 13.1 Å². The van der Waals surface area contributed by atoms with Crippen LogP contribution in [0.2, 0.25) is 0 Å². The maximum atomic E-state index is 10.6. The predicted molar refractivity (Wildman–Crippen MR) is 75.6 cm³/mol. The van der Waals surface area contributed by atoms with Crippen molar-refractivity contribution in [3.05, 3.63) is 30.1 Å². The lowest BCUT2D eigenvalue weighted by molar-refractivity contribution is -0.0190. The van der Waals surface area contributed by atoms with E-state index in [0.29, 0.717) is 6.42 Å². The Morgan fingerprint density at radius 2 is 2.00 bits per heavy atom. The SMILES string of the molecule is CCN(CC)C(C)(CC)C(O)Cc1cccnc1. The van der Waals surface area contributed by atoms with Gasteiger partial charge in [-0.3, -0.25) is 9.88 Å². The average Bonchev–Trinajstić information content (AvgIpc) is 2.40. The fourth-order valence-electron chi connectivity index (χ4n) is 2.58. The van der Waals surface area contributed by atoms with Crippen molar-refractivity contribution in [3.63, 3.8) is 0 Å². The molecule has 0 aromatic carbocycles. The van der Waals surface area contributed by atoms with Crippen LogP contribution in [0.4, 0.5) is 0 Å². The Hall–Kier alpha value is -0.930.